The molecule has 0 bridgehead atoms. The van der Waals surface area contributed by atoms with E-state index < -0.39 is 12.2 Å². The second kappa shape index (κ2) is 9.11. The molecule has 0 spiro atoms. The summed E-state index contributed by atoms with van der Waals surface area (Å²) in [6, 6.07) is 15.0. The Morgan fingerprint density at radius 1 is 1.09 bits per heavy atom. The molecule has 0 radical (unpaired) electrons. The number of rotatable bonds is 5. The van der Waals surface area contributed by atoms with Gasteiger partial charge in [0.15, 0.2) is 0 Å². The molecular formula is C26H24N4O5. The molecule has 9 heteroatoms. The van der Waals surface area contributed by atoms with E-state index in [0.29, 0.717) is 11.3 Å². The fraction of sp³-hybridized carbons (Fsp3) is 0.192. The molecule has 35 heavy (non-hydrogen) atoms. The van der Waals surface area contributed by atoms with E-state index in [0.717, 1.165) is 39.0 Å². The van der Waals surface area contributed by atoms with E-state index in [9.17, 15) is 14.7 Å². The molecule has 0 unspecified atom stereocenters. The molecule has 2 aromatic heterocycles. The highest BCUT2D eigenvalue weighted by molar-refractivity contribution is 6.04. The predicted octanol–water partition coefficient (Wildman–Crippen LogP) is 3.90. The minimum atomic E-state index is -0.674. The van der Waals surface area contributed by atoms with Crippen LogP contribution in [0.2, 0.25) is 0 Å². The molecule has 3 heterocycles. The van der Waals surface area contributed by atoms with E-state index in [-0.39, 0.29) is 19.0 Å². The van der Waals surface area contributed by atoms with Gasteiger partial charge in [0.2, 0.25) is 0 Å². The number of ether oxygens (including phenoxy) is 2. The number of nitrogens with one attached hydrogen (secondary N) is 2. The van der Waals surface area contributed by atoms with Gasteiger partial charge in [-0.05, 0) is 29.8 Å². The number of hydrogen-bond donors (Lipinski definition) is 3. The van der Waals surface area contributed by atoms with Gasteiger partial charge in [0.05, 0.1) is 31.6 Å². The van der Waals surface area contributed by atoms with Crippen molar-refractivity contribution in [2.24, 2.45) is 0 Å². The van der Waals surface area contributed by atoms with Crippen molar-refractivity contribution in [2.75, 3.05) is 32.6 Å². The summed E-state index contributed by atoms with van der Waals surface area (Å²) < 4.78 is 10.2. The van der Waals surface area contributed by atoms with E-state index >= 15 is 0 Å². The van der Waals surface area contributed by atoms with E-state index in [1.807, 2.05) is 42.6 Å². The number of H-pyrrole nitrogens is 1. The Morgan fingerprint density at radius 3 is 2.63 bits per heavy atom. The van der Waals surface area contributed by atoms with Gasteiger partial charge in [-0.25, -0.2) is 9.78 Å². The normalized spacial score (nSPS) is 13.4. The van der Waals surface area contributed by atoms with Crippen LogP contribution in [0.25, 0.3) is 33.3 Å². The highest BCUT2D eigenvalue weighted by Crippen LogP contribution is 2.36. The Kier molecular flexibility index (Phi) is 5.84. The topological polar surface area (TPSA) is 117 Å². The molecule has 2 aromatic carbocycles. The summed E-state index contributed by atoms with van der Waals surface area (Å²) in [6.07, 6.45) is 2.42. The van der Waals surface area contributed by atoms with E-state index in [1.165, 1.54) is 12.0 Å². The third kappa shape index (κ3) is 4.17. The number of amides is 2. The van der Waals surface area contributed by atoms with Gasteiger partial charge >= 0.3 is 6.09 Å². The standard InChI is InChI=1S/C26H24N4O5/c1-34-23-6-4-3-5-18(23)21-12-28-24-19(21)10-16(11-27-24)15-7-8-22(29-26(33)35-2)20(9-15)25(32)30-13-17(31)14-30/h3-12,17,31H,13-14H2,1-2H3,(H,27,28)(H,29,33). The van der Waals surface area contributed by atoms with Crippen molar-refractivity contribution in [1.29, 1.82) is 0 Å². The first-order valence-corrected chi connectivity index (χ1v) is 11.1. The molecule has 0 saturated carbocycles. The highest BCUT2D eigenvalue weighted by atomic mass is 16.5. The number of aromatic nitrogens is 2. The van der Waals surface area contributed by atoms with E-state index in [2.05, 4.69) is 15.3 Å². The number of aromatic amines is 1. The monoisotopic (exact) mass is 472 g/mol. The fourth-order valence-electron chi connectivity index (χ4n) is 4.21. The van der Waals surface area contributed by atoms with Crippen molar-refractivity contribution in [3.63, 3.8) is 0 Å². The number of hydrogen-bond acceptors (Lipinski definition) is 6. The molecule has 2 amide bonds. The number of aliphatic hydroxyl groups is 1. The van der Waals surface area contributed by atoms with Crippen molar-refractivity contribution in [3.8, 4) is 28.0 Å². The van der Waals surface area contributed by atoms with E-state index in [1.54, 1.807) is 25.4 Å². The lowest BCUT2D eigenvalue weighted by Gasteiger charge is -2.36. The molecule has 9 nitrogen and oxygen atoms in total. The first-order chi connectivity index (χ1) is 17.0. The third-order valence-electron chi connectivity index (χ3n) is 6.08. The number of pyridine rings is 1. The minimum absolute atomic E-state index is 0.250. The summed E-state index contributed by atoms with van der Waals surface area (Å²) in [4.78, 5) is 34.3. The van der Waals surface area contributed by atoms with Crippen LogP contribution in [0.15, 0.2) is 60.9 Å². The summed E-state index contributed by atoms with van der Waals surface area (Å²) in [7, 11) is 2.89. The number of benzene rings is 2. The van der Waals surface area contributed by atoms with Crippen molar-refractivity contribution in [3.05, 3.63) is 66.5 Å². The smallest absolute Gasteiger partial charge is 0.411 e. The maximum atomic E-state index is 13.1. The summed E-state index contributed by atoms with van der Waals surface area (Å²) in [5.41, 5.74) is 4.80. The van der Waals surface area contributed by atoms with Crippen molar-refractivity contribution < 1.29 is 24.2 Å². The number of β-amino-alcohol motifs (C(OH)–C–C–N with tert-alkyl or cyclic N) is 1. The number of fused-ring (bicyclic) bond motifs is 1. The fourth-order valence-corrected chi connectivity index (χ4v) is 4.21. The van der Waals surface area contributed by atoms with Crippen LogP contribution in [0, 0.1) is 0 Å². The van der Waals surface area contributed by atoms with Crippen LogP contribution >= 0.6 is 0 Å². The molecule has 0 atom stereocenters. The molecule has 1 fully saturated rings. The Hall–Kier alpha value is -4.37. The summed E-state index contributed by atoms with van der Waals surface area (Å²) in [5, 5.41) is 13.1. The number of likely N-dealkylation sites (tertiary alicyclic amines) is 1. The van der Waals surface area contributed by atoms with Crippen molar-refractivity contribution >= 4 is 28.7 Å². The molecular weight excluding hydrogens is 448 g/mol. The number of para-hydroxylation sites is 1. The molecule has 1 aliphatic rings. The molecule has 3 N–H and O–H groups in total. The maximum Gasteiger partial charge on any atom is 0.411 e. The Balaban J connectivity index is 1.58. The van der Waals surface area contributed by atoms with Crippen LogP contribution in [0.5, 0.6) is 5.75 Å². The number of nitrogens with zero attached hydrogens (tertiary/aromatic N) is 2. The molecule has 1 saturated heterocycles. The Bertz CT molecular complexity index is 1420. The quantitative estimate of drug-likeness (QED) is 0.406. The van der Waals surface area contributed by atoms with Gasteiger partial charge in [-0.3, -0.25) is 10.1 Å². The van der Waals surface area contributed by atoms with Gasteiger partial charge in [-0.1, -0.05) is 24.3 Å². The maximum absolute atomic E-state index is 13.1. The zero-order chi connectivity index (χ0) is 24.5. The van der Waals surface area contributed by atoms with Crippen LogP contribution < -0.4 is 10.1 Å². The van der Waals surface area contributed by atoms with Gasteiger partial charge < -0.3 is 24.5 Å². The van der Waals surface area contributed by atoms with Crippen molar-refractivity contribution in [1.82, 2.24) is 14.9 Å². The molecule has 178 valence electrons. The average Bonchev–Trinajstić information content (AvgIpc) is 3.29. The zero-order valence-corrected chi connectivity index (χ0v) is 19.2. The molecule has 1 aliphatic heterocycles. The van der Waals surface area contributed by atoms with Crippen LogP contribution in [-0.4, -0.2) is 65.4 Å². The lowest BCUT2D eigenvalue weighted by molar-refractivity contribution is 0.00596. The number of anilines is 1. The Labute approximate surface area is 201 Å². The third-order valence-corrected chi connectivity index (χ3v) is 6.08. The first-order valence-electron chi connectivity index (χ1n) is 11.1. The minimum Gasteiger partial charge on any atom is -0.496 e. The van der Waals surface area contributed by atoms with Crippen molar-refractivity contribution in [2.45, 2.75) is 6.10 Å². The van der Waals surface area contributed by atoms with Gasteiger partial charge in [-0.2, -0.15) is 0 Å². The molecule has 5 rings (SSSR count). The lowest BCUT2D eigenvalue weighted by Crippen LogP contribution is -2.53. The van der Waals surface area contributed by atoms with Crippen LogP contribution in [0.1, 0.15) is 10.4 Å². The van der Waals surface area contributed by atoms with Gasteiger partial charge in [0, 0.05) is 47.6 Å². The second-order valence-electron chi connectivity index (χ2n) is 8.26. The summed E-state index contributed by atoms with van der Waals surface area (Å²) >= 11 is 0. The van der Waals surface area contributed by atoms with Gasteiger partial charge in [0.25, 0.3) is 5.91 Å². The first kappa shape index (κ1) is 22.4. The second-order valence-corrected chi connectivity index (χ2v) is 8.26. The number of aliphatic hydroxyl groups excluding tert-OH is 1. The largest absolute Gasteiger partial charge is 0.496 e. The van der Waals surface area contributed by atoms with Crippen LogP contribution in [-0.2, 0) is 4.74 Å². The SMILES string of the molecule is COC(=O)Nc1ccc(-c2cnc3[nH]cc(-c4ccccc4OC)c3c2)cc1C(=O)N1CC(O)C1. The van der Waals surface area contributed by atoms with Gasteiger partial charge in [0.1, 0.15) is 11.4 Å². The van der Waals surface area contributed by atoms with E-state index in [4.69, 9.17) is 9.47 Å². The van der Waals surface area contributed by atoms with Crippen LogP contribution in [0.3, 0.4) is 0 Å². The predicted molar refractivity (Wildman–Crippen MR) is 131 cm³/mol. The Morgan fingerprint density at radius 2 is 1.89 bits per heavy atom. The summed E-state index contributed by atoms with van der Waals surface area (Å²) in [5.74, 6) is 0.468. The van der Waals surface area contributed by atoms with Gasteiger partial charge in [-0.15, -0.1) is 0 Å². The number of methoxy groups -OCH3 is 2. The molecule has 4 aromatic rings. The molecule has 0 aliphatic carbocycles. The number of carbonyl (C=O) groups is 2. The van der Waals surface area contributed by atoms with Crippen LogP contribution in [0.4, 0.5) is 10.5 Å². The summed E-state index contributed by atoms with van der Waals surface area (Å²) in [6.45, 7) is 0.500. The lowest BCUT2D eigenvalue weighted by atomic mass is 9.98. The highest BCUT2D eigenvalue weighted by Gasteiger charge is 2.31. The average molecular weight is 473 g/mol. The zero-order valence-electron chi connectivity index (χ0n) is 19.2. The number of carbonyl (C=O) groups excluding carboxylic acids is 2.